The third-order valence-corrected chi connectivity index (χ3v) is 21.8. The molecule has 1 fully saturated rings. The average Bonchev–Trinajstić information content (AvgIpc) is 3.46. The summed E-state index contributed by atoms with van der Waals surface area (Å²) < 4.78 is 14.2. The Labute approximate surface area is 266 Å². The van der Waals surface area contributed by atoms with Crippen molar-refractivity contribution in [2.45, 2.75) is 135 Å². The maximum absolute atomic E-state index is 13.6. The van der Waals surface area contributed by atoms with Gasteiger partial charge in [-0.15, -0.1) is 22.9 Å². The van der Waals surface area contributed by atoms with E-state index < -0.39 is 16.6 Å². The fraction of sp³-hybridized carbons (Fsp3) is 0.719. The Hall–Kier alpha value is -1.11. The van der Waals surface area contributed by atoms with Crippen molar-refractivity contribution in [2.24, 2.45) is 5.92 Å². The lowest BCUT2D eigenvalue weighted by Crippen LogP contribution is -2.51. The van der Waals surface area contributed by atoms with Crippen molar-refractivity contribution in [2.75, 3.05) is 11.9 Å². The van der Waals surface area contributed by atoms with E-state index in [1.165, 1.54) is 17.7 Å². The Morgan fingerprint density at radius 3 is 2.26 bits per heavy atom. The van der Waals surface area contributed by atoms with Crippen LogP contribution in [0.25, 0.3) is 0 Å². The Kier molecular flexibility index (Phi) is 11.7. The van der Waals surface area contributed by atoms with E-state index in [-0.39, 0.29) is 28.9 Å². The summed E-state index contributed by atoms with van der Waals surface area (Å²) in [6, 6.07) is 2.01. The molecule has 236 valence electrons. The van der Waals surface area contributed by atoms with E-state index in [4.69, 9.17) is 20.5 Å². The molecule has 1 aliphatic carbocycles. The largest absolute Gasteiger partial charge is 0.416 e. The van der Waals surface area contributed by atoms with Gasteiger partial charge in [-0.3, -0.25) is 4.79 Å². The Morgan fingerprint density at radius 2 is 1.74 bits per heavy atom. The number of rotatable bonds is 13. The molecule has 0 saturated heterocycles. The van der Waals surface area contributed by atoms with Gasteiger partial charge < -0.3 is 14.2 Å². The summed E-state index contributed by atoms with van der Waals surface area (Å²) in [5.41, 5.74) is 3.00. The maximum atomic E-state index is 13.6. The van der Waals surface area contributed by atoms with Crippen LogP contribution < -0.4 is 5.32 Å². The molecule has 10 heteroatoms. The van der Waals surface area contributed by atoms with Crippen LogP contribution in [0.15, 0.2) is 18.6 Å². The second-order valence-electron chi connectivity index (χ2n) is 14.6. The summed E-state index contributed by atoms with van der Waals surface area (Å²) in [7, 11) is -4.04. The van der Waals surface area contributed by atoms with Gasteiger partial charge in [-0.05, 0) is 66.2 Å². The van der Waals surface area contributed by atoms with Gasteiger partial charge in [0.1, 0.15) is 12.1 Å². The summed E-state index contributed by atoms with van der Waals surface area (Å²) in [5, 5.41) is 3.80. The van der Waals surface area contributed by atoms with Crippen LogP contribution in [0.4, 0.5) is 5.82 Å². The molecule has 0 radical (unpaired) electrons. The predicted molar refractivity (Wildman–Crippen MR) is 183 cm³/mol. The first kappa shape index (κ1) is 35.4. The van der Waals surface area contributed by atoms with E-state index in [1.807, 2.05) is 13.0 Å². The minimum atomic E-state index is -2.11. The van der Waals surface area contributed by atoms with Gasteiger partial charge in [0, 0.05) is 35.5 Å². The number of halogens is 1. The van der Waals surface area contributed by atoms with Crippen LogP contribution >= 0.6 is 22.9 Å². The predicted octanol–water partition coefficient (Wildman–Crippen LogP) is 9.59. The zero-order valence-corrected chi connectivity index (χ0v) is 31.5. The molecule has 0 amide bonds. The van der Waals surface area contributed by atoms with Crippen LogP contribution in [0.3, 0.4) is 0 Å². The number of nitrogens with zero attached hydrogens (tertiary/aromatic N) is 2. The van der Waals surface area contributed by atoms with Crippen LogP contribution in [0, 0.1) is 12.8 Å². The first-order valence-corrected chi connectivity index (χ1v) is 21.9. The van der Waals surface area contributed by atoms with Gasteiger partial charge in [-0.25, -0.2) is 9.97 Å². The molecule has 0 bridgehead atoms. The second-order valence-corrected chi connectivity index (χ2v) is 26.3. The number of alkyl halides is 1. The summed E-state index contributed by atoms with van der Waals surface area (Å²) in [4.78, 5) is 24.1. The SMILES string of the molecule is Cc1sc(C(=O)c2cncnc2N[C@@H]2C[C@H](CO[Si](C)(C)C(C)(C)C)[C@@H](O[Si](C(C)C)(C(C)C)C(C)C)C2)cc1CCl. The van der Waals surface area contributed by atoms with Crippen LogP contribution in [0.2, 0.25) is 34.8 Å². The highest BCUT2D eigenvalue weighted by atomic mass is 35.5. The molecule has 1 N–H and O–H groups in total. The van der Waals surface area contributed by atoms with E-state index in [2.05, 4.69) is 90.7 Å². The molecule has 2 heterocycles. The molecular weight excluding hydrogens is 598 g/mol. The van der Waals surface area contributed by atoms with Gasteiger partial charge in [-0.1, -0.05) is 62.3 Å². The molecule has 2 aromatic heterocycles. The van der Waals surface area contributed by atoms with Crippen LogP contribution in [0.5, 0.6) is 0 Å². The molecule has 6 nitrogen and oxygen atoms in total. The molecule has 0 aromatic carbocycles. The highest BCUT2D eigenvalue weighted by molar-refractivity contribution is 7.14. The highest BCUT2D eigenvalue weighted by Gasteiger charge is 2.50. The molecular formula is C32H54ClN3O3SSi2. The van der Waals surface area contributed by atoms with Crippen LogP contribution in [-0.2, 0) is 14.7 Å². The van der Waals surface area contributed by atoms with E-state index in [0.29, 0.717) is 45.4 Å². The summed E-state index contributed by atoms with van der Waals surface area (Å²) in [6.45, 7) is 28.3. The molecule has 0 spiro atoms. The zero-order valence-electron chi connectivity index (χ0n) is 27.9. The van der Waals surface area contributed by atoms with Gasteiger partial charge in [-0.2, -0.15) is 0 Å². The normalized spacial score (nSPS) is 20.2. The lowest BCUT2D eigenvalue weighted by Gasteiger charge is -2.45. The van der Waals surface area contributed by atoms with Crippen molar-refractivity contribution < 1.29 is 13.6 Å². The quantitative estimate of drug-likeness (QED) is 0.132. The number of carbonyl (C=O) groups is 1. The fourth-order valence-corrected chi connectivity index (χ4v) is 14.5. The van der Waals surface area contributed by atoms with Gasteiger partial charge >= 0.3 is 0 Å². The summed E-state index contributed by atoms with van der Waals surface area (Å²) >= 11 is 7.57. The summed E-state index contributed by atoms with van der Waals surface area (Å²) in [5.74, 6) is 1.18. The number of aryl methyl sites for hydroxylation is 1. The lowest BCUT2D eigenvalue weighted by atomic mass is 10.1. The van der Waals surface area contributed by atoms with Gasteiger partial charge in [0.05, 0.1) is 16.5 Å². The molecule has 1 saturated carbocycles. The van der Waals surface area contributed by atoms with Crippen molar-refractivity contribution in [3.8, 4) is 0 Å². The number of nitrogens with one attached hydrogen (secondary N) is 1. The minimum absolute atomic E-state index is 0.0722. The number of hydrogen-bond donors (Lipinski definition) is 1. The third-order valence-electron chi connectivity index (χ3n) is 9.84. The summed E-state index contributed by atoms with van der Waals surface area (Å²) in [6.07, 6.45) is 5.00. The second kappa shape index (κ2) is 13.9. The smallest absolute Gasteiger partial charge is 0.208 e. The number of aromatic nitrogens is 2. The molecule has 42 heavy (non-hydrogen) atoms. The third kappa shape index (κ3) is 7.57. The monoisotopic (exact) mass is 651 g/mol. The highest BCUT2D eigenvalue weighted by Crippen LogP contribution is 2.46. The minimum Gasteiger partial charge on any atom is -0.416 e. The molecule has 1 aliphatic rings. The number of anilines is 1. The lowest BCUT2D eigenvalue weighted by molar-refractivity contribution is 0.0971. The van der Waals surface area contributed by atoms with E-state index >= 15 is 0 Å². The molecule has 3 rings (SSSR count). The number of ketones is 1. The topological polar surface area (TPSA) is 73.3 Å². The van der Waals surface area contributed by atoms with Crippen molar-refractivity contribution in [3.05, 3.63) is 39.5 Å². The molecule has 3 atom stereocenters. The number of thiophene rings is 1. The first-order valence-electron chi connectivity index (χ1n) is 15.5. The van der Waals surface area contributed by atoms with E-state index in [9.17, 15) is 4.79 Å². The average molecular weight is 652 g/mol. The molecule has 0 aliphatic heterocycles. The molecule has 2 aromatic rings. The van der Waals surface area contributed by atoms with Gasteiger partial charge in [0.15, 0.2) is 8.32 Å². The van der Waals surface area contributed by atoms with Gasteiger partial charge in [0.25, 0.3) is 0 Å². The van der Waals surface area contributed by atoms with Crippen LogP contribution in [-0.4, -0.2) is 51.1 Å². The van der Waals surface area contributed by atoms with E-state index in [1.54, 1.807) is 6.20 Å². The zero-order chi connectivity index (χ0) is 31.6. The van der Waals surface area contributed by atoms with Crippen molar-refractivity contribution in [3.63, 3.8) is 0 Å². The van der Waals surface area contributed by atoms with Crippen molar-refractivity contribution >= 4 is 51.2 Å². The van der Waals surface area contributed by atoms with Gasteiger partial charge in [0.2, 0.25) is 14.1 Å². The van der Waals surface area contributed by atoms with Crippen molar-refractivity contribution in [1.29, 1.82) is 0 Å². The van der Waals surface area contributed by atoms with Crippen molar-refractivity contribution in [1.82, 2.24) is 9.97 Å². The number of hydrogen-bond acceptors (Lipinski definition) is 7. The molecule has 0 unspecified atom stereocenters. The van der Waals surface area contributed by atoms with Crippen LogP contribution in [0.1, 0.15) is 101 Å². The number of carbonyl (C=O) groups excluding carboxylic acids is 1. The Morgan fingerprint density at radius 1 is 1.12 bits per heavy atom. The maximum Gasteiger partial charge on any atom is 0.208 e. The fourth-order valence-electron chi connectivity index (χ4n) is 6.43. The van der Waals surface area contributed by atoms with E-state index in [0.717, 1.165) is 23.3 Å². The standard InChI is InChI=1S/C32H54ClN3O3SSi2/c1-20(2)42(21(3)4,22(5)6)39-28-15-26(13-25(28)18-38-41(11,12)32(8,9)10)36-31-27(17-34-19-35-31)30(37)29-14-24(16-33)23(7)40-29/h14,17,19-22,25-26,28H,13,15-16,18H2,1-12H3,(H,34,35,36)/t25-,26-,28+/m1/s1. The Balaban J connectivity index is 1.90. The Bertz CT molecular complexity index is 1190. The first-order chi connectivity index (χ1) is 19.4.